The van der Waals surface area contributed by atoms with E-state index in [0.717, 1.165) is 24.9 Å². The number of aliphatic hydroxyl groups excluding tert-OH is 1. The van der Waals surface area contributed by atoms with Crippen LogP contribution in [0, 0.1) is 0 Å². The molecular formula is C15H25NO. The van der Waals surface area contributed by atoms with E-state index in [-0.39, 0.29) is 6.10 Å². The zero-order valence-corrected chi connectivity index (χ0v) is 11.5. The zero-order valence-electron chi connectivity index (χ0n) is 11.5. The minimum absolute atomic E-state index is 0.331. The molecule has 0 aliphatic heterocycles. The maximum absolute atomic E-state index is 9.76. The molecule has 1 N–H and O–H groups in total. The van der Waals surface area contributed by atoms with Crippen molar-refractivity contribution in [3.05, 3.63) is 29.8 Å². The molecule has 0 saturated carbocycles. The minimum atomic E-state index is -0.331. The van der Waals surface area contributed by atoms with E-state index in [9.17, 15) is 5.11 Å². The molecule has 0 aliphatic carbocycles. The summed E-state index contributed by atoms with van der Waals surface area (Å²) in [6, 6.07) is 8.81. The molecule has 0 saturated heterocycles. The average Bonchev–Trinajstić information content (AvgIpc) is 2.35. The first-order chi connectivity index (χ1) is 8.10. The van der Waals surface area contributed by atoms with Gasteiger partial charge in [-0.2, -0.15) is 0 Å². The van der Waals surface area contributed by atoms with Crippen LogP contribution in [0.4, 0.5) is 5.69 Å². The van der Waals surface area contributed by atoms with Crippen LogP contribution in [0.25, 0.3) is 0 Å². The smallest absolute Gasteiger partial charge is 0.0787 e. The first kappa shape index (κ1) is 14.0. The van der Waals surface area contributed by atoms with E-state index in [4.69, 9.17) is 0 Å². The van der Waals surface area contributed by atoms with Gasteiger partial charge in [-0.25, -0.2) is 0 Å². The highest BCUT2D eigenvalue weighted by atomic mass is 16.3. The van der Waals surface area contributed by atoms with E-state index < -0.39 is 0 Å². The lowest BCUT2D eigenvalue weighted by atomic mass is 10.1. The molecule has 96 valence electrons. The van der Waals surface area contributed by atoms with Crippen molar-refractivity contribution in [2.24, 2.45) is 0 Å². The van der Waals surface area contributed by atoms with Crippen molar-refractivity contribution in [1.29, 1.82) is 0 Å². The summed E-state index contributed by atoms with van der Waals surface area (Å²) in [7, 11) is 0. The fourth-order valence-electron chi connectivity index (χ4n) is 2.05. The predicted octanol–water partition coefficient (Wildman–Crippen LogP) is 3.75. The Hall–Kier alpha value is -1.02. The second-order valence-corrected chi connectivity index (χ2v) is 4.80. The van der Waals surface area contributed by atoms with Crippen LogP contribution in [0.3, 0.4) is 0 Å². The first-order valence-electron chi connectivity index (χ1n) is 6.64. The summed E-state index contributed by atoms with van der Waals surface area (Å²) in [4.78, 5) is 2.39. The molecule has 0 radical (unpaired) electrons. The SMILES string of the molecule is CCCN(c1ccc(C(O)CC)cc1)C(C)C. The third-order valence-electron chi connectivity index (χ3n) is 3.08. The van der Waals surface area contributed by atoms with Gasteiger partial charge in [-0.3, -0.25) is 0 Å². The van der Waals surface area contributed by atoms with E-state index in [0.29, 0.717) is 6.04 Å². The molecule has 0 aromatic heterocycles. The monoisotopic (exact) mass is 235 g/mol. The second kappa shape index (κ2) is 6.65. The second-order valence-electron chi connectivity index (χ2n) is 4.80. The molecule has 17 heavy (non-hydrogen) atoms. The number of aliphatic hydroxyl groups is 1. The normalized spacial score (nSPS) is 12.8. The van der Waals surface area contributed by atoms with Crippen molar-refractivity contribution < 1.29 is 5.11 Å². The lowest BCUT2D eigenvalue weighted by Gasteiger charge is -2.29. The summed E-state index contributed by atoms with van der Waals surface area (Å²) in [6.45, 7) is 9.70. The van der Waals surface area contributed by atoms with Crippen LogP contribution in [0.5, 0.6) is 0 Å². The highest BCUT2D eigenvalue weighted by Crippen LogP contribution is 2.22. The molecule has 0 amide bonds. The topological polar surface area (TPSA) is 23.5 Å². The molecule has 0 fully saturated rings. The van der Waals surface area contributed by atoms with Gasteiger partial charge in [-0.05, 0) is 44.4 Å². The Morgan fingerprint density at radius 3 is 2.12 bits per heavy atom. The van der Waals surface area contributed by atoms with Crippen molar-refractivity contribution in [2.75, 3.05) is 11.4 Å². The molecule has 1 atom stereocenters. The van der Waals surface area contributed by atoms with Crippen LogP contribution in [0.1, 0.15) is 52.2 Å². The van der Waals surface area contributed by atoms with Crippen LogP contribution >= 0.6 is 0 Å². The molecule has 1 aromatic carbocycles. The third kappa shape index (κ3) is 3.74. The number of rotatable bonds is 6. The summed E-state index contributed by atoms with van der Waals surface area (Å²) in [5, 5.41) is 9.76. The van der Waals surface area contributed by atoms with Crippen molar-refractivity contribution in [1.82, 2.24) is 0 Å². The number of nitrogens with zero attached hydrogens (tertiary/aromatic N) is 1. The number of hydrogen-bond donors (Lipinski definition) is 1. The van der Waals surface area contributed by atoms with Gasteiger partial charge in [-0.1, -0.05) is 26.0 Å². The molecule has 1 aromatic rings. The van der Waals surface area contributed by atoms with Gasteiger partial charge in [0.1, 0.15) is 0 Å². The standard InChI is InChI=1S/C15H25NO/c1-5-11-16(12(3)4)14-9-7-13(8-10-14)15(17)6-2/h7-10,12,15,17H,5-6,11H2,1-4H3. The fraction of sp³-hybridized carbons (Fsp3) is 0.600. The van der Waals surface area contributed by atoms with E-state index in [2.05, 4.69) is 37.8 Å². The fourth-order valence-corrected chi connectivity index (χ4v) is 2.05. The summed E-state index contributed by atoms with van der Waals surface area (Å²) < 4.78 is 0. The summed E-state index contributed by atoms with van der Waals surface area (Å²) >= 11 is 0. The molecule has 0 bridgehead atoms. The van der Waals surface area contributed by atoms with Crippen molar-refractivity contribution in [2.45, 2.75) is 52.7 Å². The zero-order chi connectivity index (χ0) is 12.8. The number of anilines is 1. The van der Waals surface area contributed by atoms with Crippen molar-refractivity contribution in [3.8, 4) is 0 Å². The lowest BCUT2D eigenvalue weighted by molar-refractivity contribution is 0.173. The van der Waals surface area contributed by atoms with E-state index in [1.54, 1.807) is 0 Å². The van der Waals surface area contributed by atoms with Gasteiger partial charge in [0.25, 0.3) is 0 Å². The van der Waals surface area contributed by atoms with Gasteiger partial charge >= 0.3 is 0 Å². The number of hydrogen-bond acceptors (Lipinski definition) is 2. The van der Waals surface area contributed by atoms with Gasteiger partial charge in [0.05, 0.1) is 6.10 Å². The first-order valence-corrected chi connectivity index (χ1v) is 6.64. The quantitative estimate of drug-likeness (QED) is 0.811. The molecule has 0 spiro atoms. The summed E-state index contributed by atoms with van der Waals surface area (Å²) in [5.41, 5.74) is 2.25. The molecule has 2 nitrogen and oxygen atoms in total. The minimum Gasteiger partial charge on any atom is -0.388 e. The van der Waals surface area contributed by atoms with Gasteiger partial charge in [-0.15, -0.1) is 0 Å². The molecule has 0 heterocycles. The van der Waals surface area contributed by atoms with Crippen molar-refractivity contribution in [3.63, 3.8) is 0 Å². The van der Waals surface area contributed by atoms with Gasteiger partial charge in [0, 0.05) is 18.3 Å². The Kier molecular flexibility index (Phi) is 5.49. The molecular weight excluding hydrogens is 210 g/mol. The van der Waals surface area contributed by atoms with Gasteiger partial charge < -0.3 is 10.0 Å². The maximum atomic E-state index is 9.76. The third-order valence-corrected chi connectivity index (χ3v) is 3.08. The molecule has 1 unspecified atom stereocenters. The van der Waals surface area contributed by atoms with E-state index in [1.165, 1.54) is 5.69 Å². The van der Waals surface area contributed by atoms with Gasteiger partial charge in [0.15, 0.2) is 0 Å². The van der Waals surface area contributed by atoms with E-state index >= 15 is 0 Å². The molecule has 0 aliphatic rings. The Morgan fingerprint density at radius 2 is 1.71 bits per heavy atom. The Labute approximate surface area is 105 Å². The Bertz CT molecular complexity index is 318. The maximum Gasteiger partial charge on any atom is 0.0787 e. The molecule has 2 heteroatoms. The summed E-state index contributed by atoms with van der Waals surface area (Å²) in [5.74, 6) is 0. The molecule has 1 rings (SSSR count). The Morgan fingerprint density at radius 1 is 1.12 bits per heavy atom. The van der Waals surface area contributed by atoms with Gasteiger partial charge in [0.2, 0.25) is 0 Å². The predicted molar refractivity (Wildman–Crippen MR) is 74.5 cm³/mol. The van der Waals surface area contributed by atoms with Crippen LogP contribution in [0.2, 0.25) is 0 Å². The number of benzene rings is 1. The van der Waals surface area contributed by atoms with Crippen LogP contribution in [-0.2, 0) is 0 Å². The van der Waals surface area contributed by atoms with Crippen molar-refractivity contribution >= 4 is 5.69 Å². The largest absolute Gasteiger partial charge is 0.388 e. The van der Waals surface area contributed by atoms with E-state index in [1.807, 2.05) is 19.1 Å². The van der Waals surface area contributed by atoms with Crippen LogP contribution < -0.4 is 4.90 Å². The highest BCUT2D eigenvalue weighted by molar-refractivity contribution is 5.48. The average molecular weight is 235 g/mol. The summed E-state index contributed by atoms with van der Waals surface area (Å²) in [6.07, 6.45) is 1.59. The van der Waals surface area contributed by atoms with Crippen LogP contribution in [-0.4, -0.2) is 17.7 Å². The highest BCUT2D eigenvalue weighted by Gasteiger charge is 2.10. The Balaban J connectivity index is 2.84. The van der Waals surface area contributed by atoms with Crippen LogP contribution in [0.15, 0.2) is 24.3 Å². The lowest BCUT2D eigenvalue weighted by Crippen LogP contribution is -2.31.